The lowest BCUT2D eigenvalue weighted by atomic mass is 9.86. The fourth-order valence-corrected chi connectivity index (χ4v) is 3.12. The van der Waals surface area contributed by atoms with Gasteiger partial charge in [0.25, 0.3) is 0 Å². The van der Waals surface area contributed by atoms with Crippen LogP contribution in [0, 0.1) is 19.8 Å². The van der Waals surface area contributed by atoms with Crippen LogP contribution in [-0.2, 0) is 4.79 Å². The molecule has 0 heterocycles. The summed E-state index contributed by atoms with van der Waals surface area (Å²) < 4.78 is 5.75. The molecule has 0 spiro atoms. The zero-order chi connectivity index (χ0) is 14.8. The molecule has 4 nitrogen and oxygen atoms in total. The van der Waals surface area contributed by atoms with E-state index in [1.54, 1.807) is 0 Å². The monoisotopic (exact) mass is 277 g/mol. The standard InChI is InChI=1S/C16H23NO3/c1-11-8-12(2)10-14(9-11)20-7-5-13-4-3-6-16(13,17)15(18)19/h8-10,13H,3-7,17H2,1-2H3,(H,18,19). The van der Waals surface area contributed by atoms with Gasteiger partial charge in [-0.05, 0) is 62.3 Å². The van der Waals surface area contributed by atoms with Gasteiger partial charge in [-0.2, -0.15) is 0 Å². The fraction of sp³-hybridized carbons (Fsp3) is 0.562. The lowest BCUT2D eigenvalue weighted by Crippen LogP contribution is -2.51. The highest BCUT2D eigenvalue weighted by Crippen LogP contribution is 2.36. The molecule has 2 unspecified atom stereocenters. The van der Waals surface area contributed by atoms with Gasteiger partial charge in [-0.15, -0.1) is 0 Å². The Morgan fingerprint density at radius 1 is 1.40 bits per heavy atom. The molecule has 0 bridgehead atoms. The van der Waals surface area contributed by atoms with Gasteiger partial charge < -0.3 is 15.6 Å². The van der Waals surface area contributed by atoms with Gasteiger partial charge in [-0.1, -0.05) is 12.5 Å². The Balaban J connectivity index is 1.91. The number of carboxylic acid groups (broad SMARTS) is 1. The Kier molecular flexibility index (Phi) is 4.33. The SMILES string of the molecule is Cc1cc(C)cc(OCCC2CCCC2(N)C(=O)O)c1. The number of carboxylic acids is 1. The molecule has 1 aromatic carbocycles. The van der Waals surface area contributed by atoms with Gasteiger partial charge in [-0.25, -0.2) is 0 Å². The Morgan fingerprint density at radius 2 is 2.05 bits per heavy atom. The minimum absolute atomic E-state index is 0.00547. The number of ether oxygens (including phenoxy) is 1. The molecule has 1 aliphatic carbocycles. The van der Waals surface area contributed by atoms with E-state index < -0.39 is 11.5 Å². The van der Waals surface area contributed by atoms with E-state index in [4.69, 9.17) is 10.5 Å². The summed E-state index contributed by atoms with van der Waals surface area (Å²) in [5.74, 6) is -0.0317. The highest BCUT2D eigenvalue weighted by atomic mass is 16.5. The van der Waals surface area contributed by atoms with Gasteiger partial charge in [0.2, 0.25) is 0 Å². The van der Waals surface area contributed by atoms with Crippen molar-refractivity contribution >= 4 is 5.97 Å². The average Bonchev–Trinajstić information content (AvgIpc) is 2.71. The number of hydrogen-bond donors (Lipinski definition) is 2. The molecule has 1 aromatic rings. The minimum atomic E-state index is -1.06. The average molecular weight is 277 g/mol. The van der Waals surface area contributed by atoms with Gasteiger partial charge in [-0.3, -0.25) is 4.79 Å². The Bertz CT molecular complexity index is 480. The first-order valence-electron chi connectivity index (χ1n) is 7.15. The third kappa shape index (κ3) is 3.12. The van der Waals surface area contributed by atoms with Crippen LogP contribution in [0.3, 0.4) is 0 Å². The van der Waals surface area contributed by atoms with Crippen LogP contribution in [0.4, 0.5) is 0 Å². The van der Waals surface area contributed by atoms with Crippen molar-refractivity contribution in [2.24, 2.45) is 11.7 Å². The summed E-state index contributed by atoms with van der Waals surface area (Å²) in [5, 5.41) is 9.27. The predicted octanol–water partition coefficient (Wildman–Crippen LogP) is 2.65. The predicted molar refractivity (Wildman–Crippen MR) is 77.9 cm³/mol. The molecular weight excluding hydrogens is 254 g/mol. The van der Waals surface area contributed by atoms with Crippen molar-refractivity contribution in [3.8, 4) is 5.75 Å². The van der Waals surface area contributed by atoms with Gasteiger partial charge >= 0.3 is 5.97 Å². The lowest BCUT2D eigenvalue weighted by Gasteiger charge is -2.26. The topological polar surface area (TPSA) is 72.5 Å². The maximum atomic E-state index is 11.3. The summed E-state index contributed by atoms with van der Waals surface area (Å²) in [5.41, 5.74) is 7.29. The lowest BCUT2D eigenvalue weighted by molar-refractivity contribution is -0.144. The van der Waals surface area contributed by atoms with Crippen molar-refractivity contribution in [2.75, 3.05) is 6.61 Å². The van der Waals surface area contributed by atoms with E-state index in [0.29, 0.717) is 19.4 Å². The zero-order valence-electron chi connectivity index (χ0n) is 12.2. The van der Waals surface area contributed by atoms with Gasteiger partial charge in [0.15, 0.2) is 0 Å². The minimum Gasteiger partial charge on any atom is -0.494 e. The van der Waals surface area contributed by atoms with Crippen LogP contribution in [0.2, 0.25) is 0 Å². The maximum absolute atomic E-state index is 11.3. The van der Waals surface area contributed by atoms with Crippen molar-refractivity contribution < 1.29 is 14.6 Å². The van der Waals surface area contributed by atoms with Crippen molar-refractivity contribution in [3.63, 3.8) is 0 Å². The van der Waals surface area contributed by atoms with Crippen molar-refractivity contribution in [1.82, 2.24) is 0 Å². The summed E-state index contributed by atoms with van der Waals surface area (Å²) in [7, 11) is 0. The first-order valence-corrected chi connectivity index (χ1v) is 7.15. The highest BCUT2D eigenvalue weighted by molar-refractivity contribution is 5.79. The van der Waals surface area contributed by atoms with Gasteiger partial charge in [0, 0.05) is 0 Å². The summed E-state index contributed by atoms with van der Waals surface area (Å²) >= 11 is 0. The second-order valence-electron chi connectivity index (χ2n) is 5.90. The molecule has 4 heteroatoms. The molecular formula is C16H23NO3. The van der Waals surface area contributed by atoms with Crippen LogP contribution in [0.15, 0.2) is 18.2 Å². The summed E-state index contributed by atoms with van der Waals surface area (Å²) in [4.78, 5) is 11.3. The van der Waals surface area contributed by atoms with Crippen molar-refractivity contribution in [3.05, 3.63) is 29.3 Å². The van der Waals surface area contributed by atoms with Crippen LogP contribution in [0.25, 0.3) is 0 Å². The second kappa shape index (κ2) is 5.83. The molecule has 1 fully saturated rings. The second-order valence-corrected chi connectivity index (χ2v) is 5.90. The first-order chi connectivity index (χ1) is 9.41. The number of hydrogen-bond acceptors (Lipinski definition) is 3. The van der Waals surface area contributed by atoms with E-state index in [1.807, 2.05) is 26.0 Å². The number of rotatable bonds is 5. The Hall–Kier alpha value is -1.55. The molecule has 2 atom stereocenters. The third-order valence-corrected chi connectivity index (χ3v) is 4.20. The molecule has 0 amide bonds. The van der Waals surface area contributed by atoms with E-state index in [-0.39, 0.29) is 5.92 Å². The summed E-state index contributed by atoms with van der Waals surface area (Å²) in [6.45, 7) is 4.58. The zero-order valence-corrected chi connectivity index (χ0v) is 12.2. The summed E-state index contributed by atoms with van der Waals surface area (Å²) in [6.07, 6.45) is 3.02. The smallest absolute Gasteiger partial charge is 0.323 e. The molecule has 0 aliphatic heterocycles. The van der Waals surface area contributed by atoms with E-state index in [0.717, 1.165) is 18.6 Å². The van der Waals surface area contributed by atoms with Crippen LogP contribution in [-0.4, -0.2) is 23.2 Å². The molecule has 0 saturated heterocycles. The molecule has 0 radical (unpaired) electrons. The first kappa shape index (κ1) is 14.9. The highest BCUT2D eigenvalue weighted by Gasteiger charge is 2.45. The molecule has 1 aliphatic rings. The number of carbonyl (C=O) groups is 1. The van der Waals surface area contributed by atoms with Crippen LogP contribution < -0.4 is 10.5 Å². The number of benzene rings is 1. The van der Waals surface area contributed by atoms with E-state index in [9.17, 15) is 9.90 Å². The Morgan fingerprint density at radius 3 is 2.65 bits per heavy atom. The van der Waals surface area contributed by atoms with E-state index in [2.05, 4.69) is 6.07 Å². The van der Waals surface area contributed by atoms with Crippen molar-refractivity contribution in [1.29, 1.82) is 0 Å². The molecule has 3 N–H and O–H groups in total. The number of nitrogens with two attached hydrogens (primary N) is 1. The van der Waals surface area contributed by atoms with E-state index in [1.165, 1.54) is 11.1 Å². The molecule has 110 valence electrons. The summed E-state index contributed by atoms with van der Waals surface area (Å²) in [6, 6.07) is 6.09. The number of aryl methyl sites for hydroxylation is 2. The molecule has 20 heavy (non-hydrogen) atoms. The molecule has 1 saturated carbocycles. The maximum Gasteiger partial charge on any atom is 0.323 e. The third-order valence-electron chi connectivity index (χ3n) is 4.20. The Labute approximate surface area is 119 Å². The van der Waals surface area contributed by atoms with E-state index >= 15 is 0 Å². The number of aliphatic carboxylic acids is 1. The van der Waals surface area contributed by atoms with Crippen molar-refractivity contribution in [2.45, 2.75) is 45.1 Å². The molecule has 2 rings (SSSR count). The van der Waals surface area contributed by atoms with Gasteiger partial charge in [0.05, 0.1) is 6.61 Å². The van der Waals surface area contributed by atoms with Crippen LogP contribution >= 0.6 is 0 Å². The van der Waals surface area contributed by atoms with Gasteiger partial charge in [0.1, 0.15) is 11.3 Å². The molecule has 0 aromatic heterocycles. The quantitative estimate of drug-likeness (QED) is 0.868. The largest absolute Gasteiger partial charge is 0.494 e. The normalized spacial score (nSPS) is 25.6. The van der Waals surface area contributed by atoms with Crippen LogP contribution in [0.5, 0.6) is 5.75 Å². The van der Waals surface area contributed by atoms with Crippen LogP contribution in [0.1, 0.15) is 36.8 Å². The fourth-order valence-electron chi connectivity index (χ4n) is 3.12.